The van der Waals surface area contributed by atoms with E-state index in [-0.39, 0.29) is 0 Å². The number of hydrogen-bond acceptors (Lipinski definition) is 5. The fraction of sp³-hybridized carbons (Fsp3) is 0.364. The fourth-order valence-electron chi connectivity index (χ4n) is 1.38. The third-order valence-corrected chi connectivity index (χ3v) is 4.48. The molecule has 2 aromatic rings. The highest BCUT2D eigenvalue weighted by Crippen LogP contribution is 2.27. The Kier molecular flexibility index (Phi) is 4.04. The van der Waals surface area contributed by atoms with E-state index in [2.05, 4.69) is 9.88 Å². The summed E-state index contributed by atoms with van der Waals surface area (Å²) in [7, 11) is 1.98. The number of aromatic nitrogens is 1. The first-order chi connectivity index (χ1) is 8.06. The standard InChI is InChI=1S/C11H13ClN2OS2/c1-7(15)9-6-16-11(13-9)14(2)5-8-3-4-10(12)17-8/h3-4,6-7,15H,5H2,1-2H3. The Morgan fingerprint density at radius 3 is 2.82 bits per heavy atom. The summed E-state index contributed by atoms with van der Waals surface area (Å²) in [6.45, 7) is 2.50. The Labute approximate surface area is 113 Å². The van der Waals surface area contributed by atoms with E-state index >= 15 is 0 Å². The maximum atomic E-state index is 9.42. The average molecular weight is 289 g/mol. The summed E-state index contributed by atoms with van der Waals surface area (Å²) in [6.07, 6.45) is -0.510. The van der Waals surface area contributed by atoms with Crippen LogP contribution < -0.4 is 4.90 Å². The number of halogens is 1. The summed E-state index contributed by atoms with van der Waals surface area (Å²) >= 11 is 9.00. The number of anilines is 1. The van der Waals surface area contributed by atoms with E-state index in [0.29, 0.717) is 0 Å². The predicted octanol–water partition coefficient (Wildman–Crippen LogP) is 3.55. The number of hydrogen-bond donors (Lipinski definition) is 1. The van der Waals surface area contributed by atoms with Gasteiger partial charge in [0.2, 0.25) is 0 Å². The van der Waals surface area contributed by atoms with Gasteiger partial charge in [0.25, 0.3) is 0 Å². The Morgan fingerprint density at radius 2 is 2.29 bits per heavy atom. The molecule has 0 spiro atoms. The molecule has 2 heterocycles. The maximum absolute atomic E-state index is 9.42. The third-order valence-electron chi connectivity index (χ3n) is 2.29. The van der Waals surface area contributed by atoms with Crippen LogP contribution in [0.3, 0.4) is 0 Å². The Morgan fingerprint density at radius 1 is 1.53 bits per heavy atom. The van der Waals surface area contributed by atoms with Gasteiger partial charge in [0, 0.05) is 17.3 Å². The van der Waals surface area contributed by atoms with Crippen LogP contribution in [0.2, 0.25) is 4.34 Å². The van der Waals surface area contributed by atoms with Crippen molar-refractivity contribution in [2.75, 3.05) is 11.9 Å². The first-order valence-electron chi connectivity index (χ1n) is 5.15. The molecule has 0 radical (unpaired) electrons. The van der Waals surface area contributed by atoms with Crippen molar-refractivity contribution in [1.29, 1.82) is 0 Å². The topological polar surface area (TPSA) is 36.4 Å². The SMILES string of the molecule is CC(O)c1csc(N(C)Cc2ccc(Cl)s2)n1. The highest BCUT2D eigenvalue weighted by atomic mass is 35.5. The zero-order valence-electron chi connectivity index (χ0n) is 9.55. The minimum atomic E-state index is -0.510. The number of thiophene rings is 1. The second kappa shape index (κ2) is 5.35. The van der Waals surface area contributed by atoms with Crippen LogP contribution in [-0.2, 0) is 6.54 Å². The Bertz CT molecular complexity index is 495. The first-order valence-corrected chi connectivity index (χ1v) is 7.22. The third kappa shape index (κ3) is 3.19. The van der Waals surface area contributed by atoms with Gasteiger partial charge in [-0.05, 0) is 19.1 Å². The molecule has 0 aliphatic carbocycles. The molecule has 0 bridgehead atoms. The highest BCUT2D eigenvalue weighted by Gasteiger charge is 2.11. The number of rotatable bonds is 4. The lowest BCUT2D eigenvalue weighted by Crippen LogP contribution is -2.15. The normalized spacial score (nSPS) is 12.7. The van der Waals surface area contributed by atoms with E-state index in [1.807, 2.05) is 24.6 Å². The van der Waals surface area contributed by atoms with Gasteiger partial charge in [0.1, 0.15) is 0 Å². The molecule has 0 aliphatic heterocycles. The molecule has 2 rings (SSSR count). The van der Waals surface area contributed by atoms with Crippen molar-refractivity contribution in [1.82, 2.24) is 4.98 Å². The lowest BCUT2D eigenvalue weighted by molar-refractivity contribution is 0.195. The maximum Gasteiger partial charge on any atom is 0.185 e. The van der Waals surface area contributed by atoms with Crippen molar-refractivity contribution in [2.45, 2.75) is 19.6 Å². The summed E-state index contributed by atoms with van der Waals surface area (Å²) < 4.78 is 0.803. The molecule has 0 saturated heterocycles. The molecule has 0 amide bonds. The molecular weight excluding hydrogens is 276 g/mol. The summed E-state index contributed by atoms with van der Waals surface area (Å²) in [5, 5.41) is 12.2. The molecule has 0 aromatic carbocycles. The van der Waals surface area contributed by atoms with Crippen molar-refractivity contribution >= 4 is 39.4 Å². The van der Waals surface area contributed by atoms with E-state index in [4.69, 9.17) is 11.6 Å². The van der Waals surface area contributed by atoms with Crippen LogP contribution in [0.25, 0.3) is 0 Å². The van der Waals surface area contributed by atoms with Gasteiger partial charge >= 0.3 is 0 Å². The van der Waals surface area contributed by atoms with Crippen LogP contribution in [0.15, 0.2) is 17.5 Å². The molecule has 0 fully saturated rings. The summed E-state index contributed by atoms with van der Waals surface area (Å²) in [5.41, 5.74) is 0.723. The van der Waals surface area contributed by atoms with Crippen molar-refractivity contribution in [3.05, 3.63) is 32.4 Å². The van der Waals surface area contributed by atoms with E-state index in [1.165, 1.54) is 16.2 Å². The molecule has 3 nitrogen and oxygen atoms in total. The van der Waals surface area contributed by atoms with E-state index in [0.717, 1.165) is 21.7 Å². The van der Waals surface area contributed by atoms with E-state index in [9.17, 15) is 5.11 Å². The van der Waals surface area contributed by atoms with Gasteiger partial charge in [-0.1, -0.05) is 11.6 Å². The molecule has 1 N–H and O–H groups in total. The number of nitrogens with zero attached hydrogens (tertiary/aromatic N) is 2. The smallest absolute Gasteiger partial charge is 0.185 e. The van der Waals surface area contributed by atoms with Gasteiger partial charge < -0.3 is 10.0 Å². The monoisotopic (exact) mass is 288 g/mol. The average Bonchev–Trinajstić information content (AvgIpc) is 2.86. The molecule has 92 valence electrons. The fourth-order valence-corrected chi connectivity index (χ4v) is 3.40. The second-order valence-corrected chi connectivity index (χ2v) is 6.43. The molecule has 17 heavy (non-hydrogen) atoms. The molecule has 0 aliphatic rings. The van der Waals surface area contributed by atoms with Crippen LogP contribution >= 0.6 is 34.3 Å². The quantitative estimate of drug-likeness (QED) is 0.935. The molecular formula is C11H13ClN2OS2. The van der Waals surface area contributed by atoms with Gasteiger partial charge in [-0.25, -0.2) is 4.98 Å². The van der Waals surface area contributed by atoms with Gasteiger partial charge in [0.05, 0.1) is 22.7 Å². The lowest BCUT2D eigenvalue weighted by atomic mass is 10.3. The molecule has 0 saturated carbocycles. The zero-order chi connectivity index (χ0) is 12.4. The minimum Gasteiger partial charge on any atom is -0.387 e. The molecule has 2 aromatic heterocycles. The van der Waals surface area contributed by atoms with Crippen molar-refractivity contribution < 1.29 is 5.11 Å². The number of thiazole rings is 1. The van der Waals surface area contributed by atoms with Crippen molar-refractivity contribution in [3.63, 3.8) is 0 Å². The first kappa shape index (κ1) is 12.8. The Balaban J connectivity index is 2.06. The zero-order valence-corrected chi connectivity index (χ0v) is 11.9. The minimum absolute atomic E-state index is 0.510. The summed E-state index contributed by atoms with van der Waals surface area (Å²) in [6, 6.07) is 3.92. The Hall–Kier alpha value is -0.620. The van der Waals surface area contributed by atoms with Gasteiger partial charge in [-0.3, -0.25) is 0 Å². The van der Waals surface area contributed by atoms with Crippen LogP contribution in [-0.4, -0.2) is 17.1 Å². The van der Waals surface area contributed by atoms with Crippen molar-refractivity contribution in [3.8, 4) is 0 Å². The van der Waals surface area contributed by atoms with Gasteiger partial charge in [-0.15, -0.1) is 22.7 Å². The number of aliphatic hydroxyl groups is 1. The largest absolute Gasteiger partial charge is 0.387 e. The predicted molar refractivity (Wildman–Crippen MR) is 74.2 cm³/mol. The highest BCUT2D eigenvalue weighted by molar-refractivity contribution is 7.16. The van der Waals surface area contributed by atoms with Crippen LogP contribution in [0.1, 0.15) is 23.6 Å². The van der Waals surface area contributed by atoms with Crippen LogP contribution in [0, 0.1) is 0 Å². The van der Waals surface area contributed by atoms with Gasteiger partial charge in [0.15, 0.2) is 5.13 Å². The van der Waals surface area contributed by atoms with E-state index < -0.39 is 6.10 Å². The summed E-state index contributed by atoms with van der Waals surface area (Å²) in [5.74, 6) is 0. The summed E-state index contributed by atoms with van der Waals surface area (Å²) in [4.78, 5) is 7.63. The number of aliphatic hydroxyl groups excluding tert-OH is 1. The van der Waals surface area contributed by atoms with Crippen LogP contribution in [0.5, 0.6) is 0 Å². The van der Waals surface area contributed by atoms with Crippen LogP contribution in [0.4, 0.5) is 5.13 Å². The lowest BCUT2D eigenvalue weighted by Gasteiger charge is -2.14. The van der Waals surface area contributed by atoms with E-state index in [1.54, 1.807) is 18.3 Å². The van der Waals surface area contributed by atoms with Crippen molar-refractivity contribution in [2.24, 2.45) is 0 Å². The second-order valence-electron chi connectivity index (χ2n) is 3.79. The molecule has 1 atom stereocenters. The molecule has 6 heteroatoms. The van der Waals surface area contributed by atoms with Gasteiger partial charge in [-0.2, -0.15) is 0 Å². The molecule has 1 unspecified atom stereocenters.